The number of benzene rings is 2. The van der Waals surface area contributed by atoms with Crippen LogP contribution in [0.5, 0.6) is 0 Å². The van der Waals surface area contributed by atoms with E-state index < -0.39 is 23.6 Å². The zero-order chi connectivity index (χ0) is 21.9. The maximum atomic E-state index is 13.6. The summed E-state index contributed by atoms with van der Waals surface area (Å²) in [5.41, 5.74) is -0.875. The van der Waals surface area contributed by atoms with Crippen molar-refractivity contribution in [3.63, 3.8) is 0 Å². The normalized spacial score (nSPS) is 12.0. The van der Waals surface area contributed by atoms with Gasteiger partial charge in [0, 0.05) is 27.4 Å². The number of hydrogen-bond donors (Lipinski definition) is 3. The first kappa shape index (κ1) is 21.6. The molecule has 3 aromatic rings. The second-order valence-electron chi connectivity index (χ2n) is 5.85. The van der Waals surface area contributed by atoms with E-state index in [0.717, 1.165) is 12.1 Å². The van der Waals surface area contributed by atoms with Crippen LogP contribution in [0.1, 0.15) is 16.1 Å². The predicted octanol–water partition coefficient (Wildman–Crippen LogP) is 5.40. The fraction of sp³-hybridized carbons (Fsp3) is 0.0556. The molecule has 3 N–H and O–H groups in total. The number of nitrogens with zero attached hydrogens (tertiary/aromatic N) is 2. The Morgan fingerprint density at radius 2 is 1.83 bits per heavy atom. The second-order valence-corrected chi connectivity index (χ2v) is 6.72. The first-order valence-electron chi connectivity index (χ1n) is 8.11. The Hall–Kier alpha value is -3.11. The van der Waals surface area contributed by atoms with E-state index in [-0.39, 0.29) is 28.1 Å². The second kappa shape index (κ2) is 8.72. The number of amides is 1. The van der Waals surface area contributed by atoms with Gasteiger partial charge in [0.15, 0.2) is 5.82 Å². The quantitative estimate of drug-likeness (QED) is 0.278. The molecule has 30 heavy (non-hydrogen) atoms. The highest BCUT2D eigenvalue weighted by atomic mass is 35.5. The Morgan fingerprint density at radius 3 is 2.47 bits per heavy atom. The molecule has 0 unspecified atom stereocenters. The number of carbonyl (C=O) groups is 1. The number of alkyl halides is 3. The summed E-state index contributed by atoms with van der Waals surface area (Å²) in [4.78, 5) is 16.4. The van der Waals surface area contributed by atoms with Gasteiger partial charge in [0.25, 0.3) is 5.91 Å². The van der Waals surface area contributed by atoms with E-state index in [2.05, 4.69) is 20.7 Å². The van der Waals surface area contributed by atoms with Crippen molar-refractivity contribution < 1.29 is 22.4 Å². The van der Waals surface area contributed by atoms with E-state index in [0.29, 0.717) is 11.1 Å². The molecule has 1 amide bonds. The lowest BCUT2D eigenvalue weighted by Gasteiger charge is -2.12. The number of hydrogen-bond acceptors (Lipinski definition) is 3. The Kier molecular flexibility index (Phi) is 6.28. The van der Waals surface area contributed by atoms with Gasteiger partial charge in [0.2, 0.25) is 5.96 Å². The largest absolute Gasteiger partial charge is 0.432 e. The van der Waals surface area contributed by atoms with Crippen molar-refractivity contribution in [1.82, 2.24) is 15.5 Å². The highest BCUT2D eigenvalue weighted by Gasteiger charge is 2.33. The molecule has 0 spiro atoms. The van der Waals surface area contributed by atoms with Crippen LogP contribution in [0.25, 0.3) is 0 Å². The molecule has 2 aromatic carbocycles. The number of aromatic nitrogens is 2. The van der Waals surface area contributed by atoms with Crippen LogP contribution in [0.15, 0.2) is 53.5 Å². The van der Waals surface area contributed by atoms with Gasteiger partial charge in [-0.25, -0.2) is 4.39 Å². The van der Waals surface area contributed by atoms with Crippen LogP contribution in [0.3, 0.4) is 0 Å². The minimum Gasteiger partial charge on any atom is -0.325 e. The first-order chi connectivity index (χ1) is 14.1. The molecule has 0 saturated carbocycles. The fourth-order valence-electron chi connectivity index (χ4n) is 2.29. The lowest BCUT2D eigenvalue weighted by atomic mass is 10.2. The topological polar surface area (TPSA) is 82.2 Å². The molecule has 6 nitrogen and oxygen atoms in total. The summed E-state index contributed by atoms with van der Waals surface area (Å²) in [6.07, 6.45) is -4.66. The molecule has 0 aliphatic heterocycles. The number of guanidine groups is 1. The Balaban J connectivity index is 1.93. The molecule has 3 rings (SSSR count). The number of H-pyrrole nitrogens is 1. The summed E-state index contributed by atoms with van der Waals surface area (Å²) in [7, 11) is 0. The minimum absolute atomic E-state index is 0.0529. The third kappa shape index (κ3) is 5.71. The number of anilines is 1. The van der Waals surface area contributed by atoms with Crippen molar-refractivity contribution in [3.8, 4) is 0 Å². The number of aliphatic imine (C=N–C) groups is 1. The van der Waals surface area contributed by atoms with Crippen molar-refractivity contribution in [2.75, 3.05) is 5.32 Å². The monoisotopic (exact) mass is 459 g/mol. The smallest absolute Gasteiger partial charge is 0.325 e. The summed E-state index contributed by atoms with van der Waals surface area (Å²) >= 11 is 11.7. The number of carbonyl (C=O) groups excluding carboxylic acids is 1. The van der Waals surface area contributed by atoms with Crippen LogP contribution in [0.2, 0.25) is 10.0 Å². The molecular weight excluding hydrogens is 449 g/mol. The maximum Gasteiger partial charge on any atom is 0.432 e. The molecule has 0 atom stereocenters. The van der Waals surface area contributed by atoms with Crippen LogP contribution in [-0.2, 0) is 6.18 Å². The van der Waals surface area contributed by atoms with E-state index >= 15 is 0 Å². The molecule has 156 valence electrons. The van der Waals surface area contributed by atoms with Gasteiger partial charge < -0.3 is 5.32 Å². The fourth-order valence-corrected chi connectivity index (χ4v) is 2.70. The van der Waals surface area contributed by atoms with Gasteiger partial charge in [-0.2, -0.15) is 23.3 Å². The van der Waals surface area contributed by atoms with E-state index in [4.69, 9.17) is 23.2 Å². The lowest BCUT2D eigenvalue weighted by Crippen LogP contribution is -2.35. The standard InChI is InChI=1S/C18H11Cl2F4N5O/c19-10-3-1-2-9(4-10)16(30)27-17(25-13-6-11(20)5-12(21)7-13)26-15-8-14(28-29-15)18(22,23)24/h1-8H,(H3,25,26,27,28,29,30). The Morgan fingerprint density at radius 1 is 1.07 bits per heavy atom. The van der Waals surface area contributed by atoms with E-state index in [1.165, 1.54) is 24.3 Å². The van der Waals surface area contributed by atoms with Gasteiger partial charge in [-0.15, -0.1) is 0 Å². The molecule has 1 heterocycles. The molecule has 0 saturated heterocycles. The van der Waals surface area contributed by atoms with Crippen LogP contribution in [0, 0.1) is 5.82 Å². The third-order valence-electron chi connectivity index (χ3n) is 3.54. The SMILES string of the molecule is O=C(NC(=Nc1cc(C(F)(F)F)[nH]n1)Nc1cc(F)cc(Cl)c1)c1cccc(Cl)c1. The van der Waals surface area contributed by atoms with Gasteiger partial charge in [0.05, 0.1) is 0 Å². The molecule has 0 radical (unpaired) electrons. The average molecular weight is 460 g/mol. The number of aromatic amines is 1. The van der Waals surface area contributed by atoms with Crippen molar-refractivity contribution in [1.29, 1.82) is 0 Å². The van der Waals surface area contributed by atoms with Crippen LogP contribution >= 0.6 is 23.2 Å². The first-order valence-corrected chi connectivity index (χ1v) is 8.87. The minimum atomic E-state index is -4.66. The van der Waals surface area contributed by atoms with Crippen LogP contribution in [-0.4, -0.2) is 22.1 Å². The van der Waals surface area contributed by atoms with Crippen molar-refractivity contribution in [2.45, 2.75) is 6.18 Å². The maximum absolute atomic E-state index is 13.6. The number of halogens is 6. The molecular formula is C18H11Cl2F4N5O. The summed E-state index contributed by atoms with van der Waals surface area (Å²) in [5, 5.41) is 10.6. The zero-order valence-electron chi connectivity index (χ0n) is 14.7. The van der Waals surface area contributed by atoms with E-state index in [9.17, 15) is 22.4 Å². The Bertz CT molecular complexity index is 1090. The molecule has 0 bridgehead atoms. The molecule has 0 aliphatic carbocycles. The summed E-state index contributed by atoms with van der Waals surface area (Å²) < 4.78 is 51.9. The molecule has 0 fully saturated rings. The Labute approximate surface area is 176 Å². The molecule has 12 heteroatoms. The van der Waals surface area contributed by atoms with Gasteiger partial charge in [-0.1, -0.05) is 29.3 Å². The summed E-state index contributed by atoms with van der Waals surface area (Å²) in [6.45, 7) is 0. The highest BCUT2D eigenvalue weighted by molar-refractivity contribution is 6.31. The van der Waals surface area contributed by atoms with Crippen LogP contribution in [0.4, 0.5) is 29.1 Å². The van der Waals surface area contributed by atoms with E-state index in [1.807, 2.05) is 0 Å². The summed E-state index contributed by atoms with van der Waals surface area (Å²) in [5.74, 6) is -2.04. The van der Waals surface area contributed by atoms with Crippen molar-refractivity contribution in [3.05, 3.63) is 75.7 Å². The number of rotatable bonds is 3. The lowest BCUT2D eigenvalue weighted by molar-refractivity contribution is -0.141. The van der Waals surface area contributed by atoms with Crippen molar-refractivity contribution in [2.24, 2.45) is 4.99 Å². The van der Waals surface area contributed by atoms with Gasteiger partial charge in [-0.05, 0) is 36.4 Å². The number of nitrogens with one attached hydrogen (secondary N) is 3. The third-order valence-corrected chi connectivity index (χ3v) is 3.99. The molecule has 1 aromatic heterocycles. The van der Waals surface area contributed by atoms with Crippen molar-refractivity contribution >= 4 is 46.6 Å². The molecule has 0 aliphatic rings. The summed E-state index contributed by atoms with van der Waals surface area (Å²) in [6, 6.07) is 10.0. The van der Waals surface area contributed by atoms with Crippen LogP contribution < -0.4 is 10.6 Å². The van der Waals surface area contributed by atoms with Gasteiger partial charge in [-0.3, -0.25) is 15.2 Å². The van der Waals surface area contributed by atoms with Gasteiger partial charge >= 0.3 is 6.18 Å². The average Bonchev–Trinajstić information content (AvgIpc) is 3.09. The predicted molar refractivity (Wildman–Crippen MR) is 105 cm³/mol. The zero-order valence-corrected chi connectivity index (χ0v) is 16.2. The van der Waals surface area contributed by atoms with E-state index in [1.54, 1.807) is 11.2 Å². The van der Waals surface area contributed by atoms with Gasteiger partial charge in [0.1, 0.15) is 11.5 Å². The highest BCUT2D eigenvalue weighted by Crippen LogP contribution is 2.29.